The van der Waals surface area contributed by atoms with Gasteiger partial charge < -0.3 is 14.5 Å². The molecule has 0 saturated carbocycles. The average molecular weight is 568 g/mol. The van der Waals surface area contributed by atoms with Gasteiger partial charge in [-0.2, -0.15) is 0 Å². The van der Waals surface area contributed by atoms with E-state index >= 15 is 0 Å². The third-order valence-corrected chi connectivity index (χ3v) is 9.25. The molecular formula is C41H29NO2. The SMILES string of the molecule is CC1(C)c2cc(Nc3cc(-c4ccc5ccccc5c4)c4oc5ccccc5c4c3)ccc2Oc2c1ccc1ccccc21. The van der Waals surface area contributed by atoms with E-state index in [1.807, 2.05) is 12.1 Å². The summed E-state index contributed by atoms with van der Waals surface area (Å²) < 4.78 is 13.1. The zero-order valence-electron chi connectivity index (χ0n) is 24.5. The molecule has 1 N–H and O–H groups in total. The fraction of sp³-hybridized carbons (Fsp3) is 0.0732. The van der Waals surface area contributed by atoms with Gasteiger partial charge in [0.15, 0.2) is 0 Å². The maximum atomic E-state index is 6.60. The number of fused-ring (bicyclic) bond motifs is 8. The predicted octanol–water partition coefficient (Wildman–Crippen LogP) is 11.7. The van der Waals surface area contributed by atoms with Gasteiger partial charge in [-0.1, -0.05) is 105 Å². The highest BCUT2D eigenvalue weighted by Gasteiger charge is 2.35. The fourth-order valence-corrected chi connectivity index (χ4v) is 6.92. The minimum atomic E-state index is -0.231. The van der Waals surface area contributed by atoms with Crippen LogP contribution in [-0.4, -0.2) is 0 Å². The topological polar surface area (TPSA) is 34.4 Å². The summed E-state index contributed by atoms with van der Waals surface area (Å²) in [6, 6.07) is 47.1. The lowest BCUT2D eigenvalue weighted by atomic mass is 9.75. The Hall–Kier alpha value is -5.54. The maximum absolute atomic E-state index is 6.60. The first-order valence-electron chi connectivity index (χ1n) is 15.1. The molecule has 0 spiro atoms. The van der Waals surface area contributed by atoms with Crippen LogP contribution in [0.4, 0.5) is 11.4 Å². The first-order valence-corrected chi connectivity index (χ1v) is 15.1. The number of anilines is 2. The van der Waals surface area contributed by atoms with E-state index in [2.05, 4.69) is 140 Å². The lowest BCUT2D eigenvalue weighted by Crippen LogP contribution is -2.24. The summed E-state index contributed by atoms with van der Waals surface area (Å²) in [4.78, 5) is 0. The zero-order chi connectivity index (χ0) is 29.4. The predicted molar refractivity (Wildman–Crippen MR) is 183 cm³/mol. The highest BCUT2D eigenvalue weighted by molar-refractivity contribution is 6.11. The lowest BCUT2D eigenvalue weighted by molar-refractivity contribution is 0.423. The molecule has 2 heterocycles. The zero-order valence-corrected chi connectivity index (χ0v) is 24.5. The number of ether oxygens (including phenoxy) is 1. The van der Waals surface area contributed by atoms with Gasteiger partial charge in [-0.05, 0) is 64.2 Å². The number of hydrogen-bond acceptors (Lipinski definition) is 3. The number of nitrogens with one attached hydrogen (secondary N) is 1. The third-order valence-electron chi connectivity index (χ3n) is 9.25. The summed E-state index contributed by atoms with van der Waals surface area (Å²) in [5.74, 6) is 1.86. The quantitative estimate of drug-likeness (QED) is 0.231. The van der Waals surface area contributed by atoms with Crippen molar-refractivity contribution in [2.75, 3.05) is 5.32 Å². The Bertz CT molecular complexity index is 2430. The summed E-state index contributed by atoms with van der Waals surface area (Å²) in [5, 5.41) is 10.7. The van der Waals surface area contributed by atoms with Crippen LogP contribution < -0.4 is 10.1 Å². The van der Waals surface area contributed by atoms with Crippen molar-refractivity contribution >= 4 is 54.9 Å². The molecule has 0 atom stereocenters. The van der Waals surface area contributed by atoms with E-state index in [-0.39, 0.29) is 5.41 Å². The maximum Gasteiger partial charge on any atom is 0.143 e. The van der Waals surface area contributed by atoms with Crippen molar-refractivity contribution in [3.63, 3.8) is 0 Å². The molecule has 0 unspecified atom stereocenters. The first kappa shape index (κ1) is 25.0. The van der Waals surface area contributed by atoms with Crippen molar-refractivity contribution in [2.24, 2.45) is 0 Å². The second-order valence-corrected chi connectivity index (χ2v) is 12.3. The highest BCUT2D eigenvalue weighted by atomic mass is 16.5. The molecule has 0 radical (unpaired) electrons. The second-order valence-electron chi connectivity index (χ2n) is 12.3. The van der Waals surface area contributed by atoms with Crippen LogP contribution in [-0.2, 0) is 5.41 Å². The van der Waals surface area contributed by atoms with E-state index in [9.17, 15) is 0 Å². The van der Waals surface area contributed by atoms with Crippen molar-refractivity contribution in [1.82, 2.24) is 0 Å². The van der Waals surface area contributed by atoms with E-state index in [0.29, 0.717) is 0 Å². The Labute approximate surface area is 255 Å². The van der Waals surface area contributed by atoms with Crippen molar-refractivity contribution in [3.05, 3.63) is 145 Å². The third kappa shape index (κ3) is 3.76. The molecule has 1 aliphatic heterocycles. The molecule has 0 bridgehead atoms. The molecule has 0 aliphatic carbocycles. The number of para-hydroxylation sites is 1. The largest absolute Gasteiger partial charge is 0.456 e. The van der Waals surface area contributed by atoms with Gasteiger partial charge in [0, 0.05) is 49.6 Å². The Balaban J connectivity index is 1.17. The van der Waals surface area contributed by atoms with Gasteiger partial charge in [-0.3, -0.25) is 0 Å². The molecular weight excluding hydrogens is 538 g/mol. The minimum absolute atomic E-state index is 0.231. The van der Waals surface area contributed by atoms with Crippen LogP contribution in [0.1, 0.15) is 25.0 Å². The van der Waals surface area contributed by atoms with Crippen molar-refractivity contribution in [2.45, 2.75) is 19.3 Å². The van der Waals surface area contributed by atoms with Crippen LogP contribution >= 0.6 is 0 Å². The van der Waals surface area contributed by atoms with Crippen LogP contribution in [0.2, 0.25) is 0 Å². The summed E-state index contributed by atoms with van der Waals surface area (Å²) in [5.41, 5.74) is 8.13. The summed E-state index contributed by atoms with van der Waals surface area (Å²) in [6.45, 7) is 4.57. The molecule has 3 nitrogen and oxygen atoms in total. The van der Waals surface area contributed by atoms with E-state index in [1.54, 1.807) is 0 Å². The monoisotopic (exact) mass is 567 g/mol. The van der Waals surface area contributed by atoms with E-state index in [1.165, 1.54) is 21.7 Å². The van der Waals surface area contributed by atoms with Gasteiger partial charge in [-0.15, -0.1) is 0 Å². The Morgan fingerprint density at radius 1 is 0.545 bits per heavy atom. The molecule has 210 valence electrons. The smallest absolute Gasteiger partial charge is 0.143 e. The molecule has 0 fully saturated rings. The molecule has 3 heteroatoms. The first-order chi connectivity index (χ1) is 21.5. The molecule has 44 heavy (non-hydrogen) atoms. The van der Waals surface area contributed by atoms with Crippen LogP contribution in [0.3, 0.4) is 0 Å². The molecule has 0 saturated heterocycles. The summed E-state index contributed by atoms with van der Waals surface area (Å²) in [6.07, 6.45) is 0. The van der Waals surface area contributed by atoms with Crippen LogP contribution in [0.15, 0.2) is 138 Å². The van der Waals surface area contributed by atoms with E-state index in [0.717, 1.165) is 66.9 Å². The number of furan rings is 1. The summed E-state index contributed by atoms with van der Waals surface area (Å²) in [7, 11) is 0. The lowest BCUT2D eigenvalue weighted by Gasteiger charge is -2.35. The van der Waals surface area contributed by atoms with Crippen molar-refractivity contribution in [3.8, 4) is 22.6 Å². The standard InChI is InChI=1S/C41H29NO2/c1-41(2)35-19-17-26-10-5-6-12-31(26)40(35)44-38-20-18-29(24-36(38)41)42-30-22-33(28-16-15-25-9-3-4-11-27(25)21-28)39-34(23-30)32-13-7-8-14-37(32)43-39/h3-24,42H,1-2H3. The molecule has 8 aromatic rings. The Kier molecular flexibility index (Phi) is 5.24. The molecule has 1 aliphatic rings. The van der Waals surface area contributed by atoms with Crippen molar-refractivity contribution in [1.29, 1.82) is 0 Å². The molecule has 1 aromatic heterocycles. The number of benzene rings is 7. The number of rotatable bonds is 3. The highest BCUT2D eigenvalue weighted by Crippen LogP contribution is 2.51. The normalized spacial score (nSPS) is 13.6. The van der Waals surface area contributed by atoms with Crippen LogP contribution in [0.5, 0.6) is 11.5 Å². The minimum Gasteiger partial charge on any atom is -0.456 e. The second kappa shape index (κ2) is 9.23. The van der Waals surface area contributed by atoms with Gasteiger partial charge in [0.05, 0.1) is 0 Å². The van der Waals surface area contributed by atoms with Crippen molar-refractivity contribution < 1.29 is 9.15 Å². The average Bonchev–Trinajstić information content (AvgIpc) is 3.43. The van der Waals surface area contributed by atoms with Gasteiger partial charge in [-0.25, -0.2) is 0 Å². The van der Waals surface area contributed by atoms with Gasteiger partial charge in [0.1, 0.15) is 22.7 Å². The molecule has 7 aromatic carbocycles. The molecule has 0 amide bonds. The van der Waals surface area contributed by atoms with Crippen LogP contribution in [0.25, 0.3) is 54.6 Å². The fourth-order valence-electron chi connectivity index (χ4n) is 6.92. The van der Waals surface area contributed by atoms with E-state index < -0.39 is 0 Å². The van der Waals surface area contributed by atoms with Gasteiger partial charge >= 0.3 is 0 Å². The van der Waals surface area contributed by atoms with Crippen LogP contribution in [0, 0.1) is 0 Å². The Morgan fingerprint density at radius 3 is 2.18 bits per heavy atom. The van der Waals surface area contributed by atoms with Gasteiger partial charge in [0.2, 0.25) is 0 Å². The summed E-state index contributed by atoms with van der Waals surface area (Å²) >= 11 is 0. The van der Waals surface area contributed by atoms with E-state index in [4.69, 9.17) is 9.15 Å². The number of hydrogen-bond donors (Lipinski definition) is 1. The molecule has 9 rings (SSSR count). The Morgan fingerprint density at radius 2 is 1.30 bits per heavy atom. The van der Waals surface area contributed by atoms with Gasteiger partial charge in [0.25, 0.3) is 0 Å².